The van der Waals surface area contributed by atoms with Gasteiger partial charge in [-0.05, 0) is 46.7 Å². The average molecular weight is 395 g/mol. The fraction of sp³-hybridized carbons (Fsp3) is 0.348. The number of nitriles is 1. The molecular formula is C23H26FN3O2. The van der Waals surface area contributed by atoms with Gasteiger partial charge in [-0.2, -0.15) is 10.4 Å². The quantitative estimate of drug-likeness (QED) is 0.580. The zero-order valence-corrected chi connectivity index (χ0v) is 17.6. The SMILES string of the molecule is CC(C)(C)c1cc(/C=N\NC(=O)c2ccc(C#N)cc2F)cc(C(C)(C)C)c1O. The van der Waals surface area contributed by atoms with Gasteiger partial charge < -0.3 is 5.11 Å². The molecule has 5 nitrogen and oxygen atoms in total. The van der Waals surface area contributed by atoms with Crippen molar-refractivity contribution < 1.29 is 14.3 Å². The van der Waals surface area contributed by atoms with Crippen LogP contribution in [0.5, 0.6) is 5.75 Å². The van der Waals surface area contributed by atoms with Crippen LogP contribution in [-0.2, 0) is 10.8 Å². The molecule has 6 heteroatoms. The number of hydrazone groups is 1. The van der Waals surface area contributed by atoms with E-state index in [0.717, 1.165) is 17.2 Å². The zero-order valence-electron chi connectivity index (χ0n) is 17.6. The molecule has 0 spiro atoms. The van der Waals surface area contributed by atoms with Gasteiger partial charge in [0.25, 0.3) is 5.91 Å². The lowest BCUT2D eigenvalue weighted by molar-refractivity contribution is 0.0951. The second kappa shape index (κ2) is 8.04. The maximum Gasteiger partial charge on any atom is 0.274 e. The molecule has 0 saturated carbocycles. The van der Waals surface area contributed by atoms with E-state index in [9.17, 15) is 14.3 Å². The van der Waals surface area contributed by atoms with Gasteiger partial charge in [-0.25, -0.2) is 9.82 Å². The molecule has 29 heavy (non-hydrogen) atoms. The number of hydrogen-bond acceptors (Lipinski definition) is 4. The molecule has 1 amide bonds. The summed E-state index contributed by atoms with van der Waals surface area (Å²) < 4.78 is 14.0. The molecule has 2 aromatic carbocycles. The second-order valence-corrected chi connectivity index (χ2v) is 8.97. The highest BCUT2D eigenvalue weighted by atomic mass is 19.1. The van der Waals surface area contributed by atoms with Crippen molar-refractivity contribution in [2.75, 3.05) is 0 Å². The van der Waals surface area contributed by atoms with Gasteiger partial charge in [0, 0.05) is 11.1 Å². The summed E-state index contributed by atoms with van der Waals surface area (Å²) in [5.74, 6) is -1.24. The van der Waals surface area contributed by atoms with E-state index in [2.05, 4.69) is 10.5 Å². The molecule has 0 radical (unpaired) electrons. The Morgan fingerprint density at radius 3 is 2.10 bits per heavy atom. The Morgan fingerprint density at radius 1 is 1.10 bits per heavy atom. The van der Waals surface area contributed by atoms with Gasteiger partial charge in [-0.15, -0.1) is 0 Å². The number of phenolic OH excluding ortho intramolecular Hbond substituents is 1. The lowest BCUT2D eigenvalue weighted by Crippen LogP contribution is -2.20. The molecule has 0 aliphatic carbocycles. The van der Waals surface area contributed by atoms with E-state index < -0.39 is 11.7 Å². The number of benzene rings is 2. The Morgan fingerprint density at radius 2 is 1.66 bits per heavy atom. The van der Waals surface area contributed by atoms with E-state index in [1.807, 2.05) is 59.7 Å². The summed E-state index contributed by atoms with van der Waals surface area (Å²) in [4.78, 5) is 12.2. The van der Waals surface area contributed by atoms with Crippen LogP contribution in [0.25, 0.3) is 0 Å². The van der Waals surface area contributed by atoms with Crippen molar-refractivity contribution in [3.05, 3.63) is 64.0 Å². The third-order valence-electron chi connectivity index (χ3n) is 4.47. The highest BCUT2D eigenvalue weighted by Gasteiger charge is 2.26. The van der Waals surface area contributed by atoms with Crippen molar-refractivity contribution in [3.63, 3.8) is 0 Å². The Kier molecular flexibility index (Phi) is 6.13. The molecular weight excluding hydrogens is 369 g/mol. The number of rotatable bonds is 3. The lowest BCUT2D eigenvalue weighted by atomic mass is 9.78. The molecule has 0 bridgehead atoms. The first-order valence-corrected chi connectivity index (χ1v) is 9.25. The maximum absolute atomic E-state index is 14.0. The molecule has 0 aliphatic rings. The molecule has 0 fully saturated rings. The number of aromatic hydroxyl groups is 1. The fourth-order valence-electron chi connectivity index (χ4n) is 2.87. The minimum Gasteiger partial charge on any atom is -0.507 e. The van der Waals surface area contributed by atoms with Gasteiger partial charge in [0.15, 0.2) is 0 Å². The first kappa shape index (κ1) is 22.1. The van der Waals surface area contributed by atoms with Crippen LogP contribution in [0, 0.1) is 17.1 Å². The average Bonchev–Trinajstić information content (AvgIpc) is 2.60. The summed E-state index contributed by atoms with van der Waals surface area (Å²) in [7, 11) is 0. The predicted octanol–water partition coefficient (Wildman–Crippen LogP) is 4.76. The molecule has 2 rings (SSSR count). The van der Waals surface area contributed by atoms with Crippen LogP contribution in [0.3, 0.4) is 0 Å². The molecule has 0 atom stereocenters. The summed E-state index contributed by atoms with van der Waals surface area (Å²) in [5, 5.41) is 23.5. The largest absolute Gasteiger partial charge is 0.507 e. The highest BCUT2D eigenvalue weighted by Crippen LogP contribution is 2.39. The van der Waals surface area contributed by atoms with Crippen LogP contribution in [0.1, 0.15) is 74.2 Å². The molecule has 0 unspecified atom stereocenters. The molecule has 0 aliphatic heterocycles. The minimum absolute atomic E-state index is 0.135. The molecule has 0 aromatic heterocycles. The van der Waals surface area contributed by atoms with Crippen molar-refractivity contribution in [1.29, 1.82) is 5.26 Å². The number of nitrogens with zero attached hydrogens (tertiary/aromatic N) is 2. The Hall–Kier alpha value is -3.20. The number of carbonyl (C=O) groups excluding carboxylic acids is 1. The van der Waals surface area contributed by atoms with Crippen molar-refractivity contribution in [2.24, 2.45) is 5.10 Å². The van der Waals surface area contributed by atoms with Crippen LogP contribution >= 0.6 is 0 Å². The number of phenols is 1. The summed E-state index contributed by atoms with van der Waals surface area (Å²) in [6.07, 6.45) is 1.46. The molecule has 152 valence electrons. The van der Waals surface area contributed by atoms with E-state index in [1.54, 1.807) is 0 Å². The monoisotopic (exact) mass is 395 g/mol. The van der Waals surface area contributed by atoms with Crippen LogP contribution in [-0.4, -0.2) is 17.2 Å². The summed E-state index contributed by atoms with van der Waals surface area (Å²) >= 11 is 0. The number of carbonyl (C=O) groups is 1. The van der Waals surface area contributed by atoms with Crippen LogP contribution < -0.4 is 5.43 Å². The lowest BCUT2D eigenvalue weighted by Gasteiger charge is -2.27. The van der Waals surface area contributed by atoms with Gasteiger partial charge >= 0.3 is 0 Å². The van der Waals surface area contributed by atoms with Gasteiger partial charge in [0.1, 0.15) is 11.6 Å². The number of hydrogen-bond donors (Lipinski definition) is 2. The van der Waals surface area contributed by atoms with Gasteiger partial charge in [0.05, 0.1) is 23.4 Å². The summed E-state index contributed by atoms with van der Waals surface area (Å²) in [6, 6.07) is 9.08. The van der Waals surface area contributed by atoms with E-state index in [-0.39, 0.29) is 27.7 Å². The Balaban J connectivity index is 2.33. The van der Waals surface area contributed by atoms with Crippen molar-refractivity contribution in [3.8, 4) is 11.8 Å². The smallest absolute Gasteiger partial charge is 0.274 e. The Labute approximate surface area is 170 Å². The fourth-order valence-corrected chi connectivity index (χ4v) is 2.87. The molecule has 2 N–H and O–H groups in total. The third-order valence-corrected chi connectivity index (χ3v) is 4.47. The van der Waals surface area contributed by atoms with E-state index >= 15 is 0 Å². The standard InChI is InChI=1S/C23H26FN3O2/c1-22(2,3)17-9-15(10-18(20(17)28)23(4,5)6)13-26-27-21(29)16-8-7-14(12-25)11-19(16)24/h7-11,13,28H,1-6H3,(H,27,29)/b26-13-. The normalized spacial score (nSPS) is 12.1. The van der Waals surface area contributed by atoms with Gasteiger partial charge in [0.2, 0.25) is 0 Å². The summed E-state index contributed by atoms with van der Waals surface area (Å²) in [5.41, 5.74) is 3.92. The highest BCUT2D eigenvalue weighted by molar-refractivity contribution is 5.95. The number of nitrogens with one attached hydrogen (secondary N) is 1. The maximum atomic E-state index is 14.0. The molecule has 2 aromatic rings. The van der Waals surface area contributed by atoms with E-state index in [4.69, 9.17) is 5.26 Å². The number of amides is 1. The van der Waals surface area contributed by atoms with Gasteiger partial charge in [-0.3, -0.25) is 4.79 Å². The second-order valence-electron chi connectivity index (χ2n) is 8.97. The third kappa shape index (κ3) is 5.20. The topological polar surface area (TPSA) is 85.5 Å². The molecule has 0 saturated heterocycles. The number of halogens is 1. The van der Waals surface area contributed by atoms with Crippen LogP contribution in [0.2, 0.25) is 0 Å². The van der Waals surface area contributed by atoms with E-state index in [1.165, 1.54) is 18.3 Å². The zero-order chi connectivity index (χ0) is 22.0. The summed E-state index contributed by atoms with van der Waals surface area (Å²) in [6.45, 7) is 12.0. The minimum atomic E-state index is -0.786. The van der Waals surface area contributed by atoms with Crippen LogP contribution in [0.4, 0.5) is 4.39 Å². The first-order valence-electron chi connectivity index (χ1n) is 9.25. The first-order chi connectivity index (χ1) is 13.3. The van der Waals surface area contributed by atoms with Crippen LogP contribution in [0.15, 0.2) is 35.4 Å². The molecule has 0 heterocycles. The van der Waals surface area contributed by atoms with Crippen molar-refractivity contribution >= 4 is 12.1 Å². The van der Waals surface area contributed by atoms with E-state index in [0.29, 0.717) is 5.56 Å². The van der Waals surface area contributed by atoms with Crippen molar-refractivity contribution in [1.82, 2.24) is 5.43 Å². The predicted molar refractivity (Wildman–Crippen MR) is 112 cm³/mol. The Bertz CT molecular complexity index is 971. The van der Waals surface area contributed by atoms with Gasteiger partial charge in [-0.1, -0.05) is 41.5 Å². The van der Waals surface area contributed by atoms with Crippen molar-refractivity contribution in [2.45, 2.75) is 52.4 Å².